The normalized spacial score (nSPS) is 17.6. The molecule has 0 aliphatic heterocycles. The maximum atomic E-state index is 13.4. The Labute approximate surface area is 89.0 Å². The third kappa shape index (κ3) is 1.58. The second kappa shape index (κ2) is 3.71. The van der Waals surface area contributed by atoms with Crippen LogP contribution in [0.1, 0.15) is 18.4 Å². The molecule has 2 N–H and O–H groups in total. The Morgan fingerprint density at radius 3 is 2.00 bits per heavy atom. The minimum atomic E-state index is -1.41. The van der Waals surface area contributed by atoms with Gasteiger partial charge in [-0.2, -0.15) is 0 Å². The van der Waals surface area contributed by atoms with E-state index in [-0.39, 0.29) is 12.7 Å². The topological polar surface area (TPSA) is 35.2 Å². The molecule has 1 saturated carbocycles. The molecule has 0 amide bonds. The van der Waals surface area contributed by atoms with Gasteiger partial charge in [0.2, 0.25) is 0 Å². The van der Waals surface area contributed by atoms with Crippen LogP contribution in [0.4, 0.5) is 17.6 Å². The third-order valence-corrected chi connectivity index (χ3v) is 2.86. The molecule has 2 nitrogen and oxygen atoms in total. The first kappa shape index (κ1) is 11.3. The smallest absolute Gasteiger partial charge is 0.165 e. The van der Waals surface area contributed by atoms with Gasteiger partial charge in [-0.05, 0) is 12.8 Å². The van der Waals surface area contributed by atoms with Crippen LogP contribution in [0.5, 0.6) is 0 Å². The summed E-state index contributed by atoms with van der Waals surface area (Å²) in [6.07, 6.45) is 0.780. The standard InChI is InChI=1S/C10H9F4NO/c11-5-3-6(12)9(14)7(8(5)13)10(1-2-10)4-16-15/h3H,1-2,4,15H2. The lowest BCUT2D eigenvalue weighted by atomic mass is 9.95. The highest BCUT2D eigenvalue weighted by atomic mass is 19.2. The first-order valence-electron chi connectivity index (χ1n) is 4.67. The molecule has 0 unspecified atom stereocenters. The molecule has 1 aliphatic rings. The van der Waals surface area contributed by atoms with Crippen molar-refractivity contribution in [1.29, 1.82) is 0 Å². The van der Waals surface area contributed by atoms with Crippen LogP contribution in [0.15, 0.2) is 6.07 Å². The lowest BCUT2D eigenvalue weighted by Crippen LogP contribution is -2.22. The monoisotopic (exact) mass is 235 g/mol. The number of nitrogens with two attached hydrogens (primary N) is 1. The lowest BCUT2D eigenvalue weighted by molar-refractivity contribution is 0.113. The Morgan fingerprint density at radius 2 is 1.62 bits per heavy atom. The molecule has 6 heteroatoms. The summed E-state index contributed by atoms with van der Waals surface area (Å²) in [7, 11) is 0. The van der Waals surface area contributed by atoms with Crippen LogP contribution >= 0.6 is 0 Å². The average molecular weight is 235 g/mol. The molecule has 0 saturated heterocycles. The van der Waals surface area contributed by atoms with E-state index in [4.69, 9.17) is 5.90 Å². The third-order valence-electron chi connectivity index (χ3n) is 2.86. The summed E-state index contributed by atoms with van der Waals surface area (Å²) in [5.41, 5.74) is -1.62. The van der Waals surface area contributed by atoms with Gasteiger partial charge in [0.25, 0.3) is 0 Å². The quantitative estimate of drug-likeness (QED) is 0.495. The summed E-state index contributed by atoms with van der Waals surface area (Å²) in [6.45, 7) is -0.163. The van der Waals surface area contributed by atoms with Gasteiger partial charge in [0.15, 0.2) is 23.3 Å². The number of benzene rings is 1. The molecule has 88 valence electrons. The molecule has 1 aromatic rings. The van der Waals surface area contributed by atoms with Crippen molar-refractivity contribution in [2.45, 2.75) is 18.3 Å². The van der Waals surface area contributed by atoms with Gasteiger partial charge < -0.3 is 4.84 Å². The molecule has 0 heterocycles. The molecule has 1 aromatic carbocycles. The van der Waals surface area contributed by atoms with Crippen molar-refractivity contribution in [1.82, 2.24) is 0 Å². The Kier molecular flexibility index (Phi) is 2.63. The molecule has 1 aliphatic carbocycles. The van der Waals surface area contributed by atoms with Crippen molar-refractivity contribution < 1.29 is 22.4 Å². The fourth-order valence-corrected chi connectivity index (χ4v) is 1.82. The highest BCUT2D eigenvalue weighted by molar-refractivity contribution is 5.35. The summed E-state index contributed by atoms with van der Waals surface area (Å²) in [5.74, 6) is -0.709. The molecule has 0 atom stereocenters. The zero-order valence-electron chi connectivity index (χ0n) is 8.20. The molecule has 0 spiro atoms. The maximum absolute atomic E-state index is 13.4. The van der Waals surface area contributed by atoms with Crippen molar-refractivity contribution >= 4 is 0 Å². The van der Waals surface area contributed by atoms with Gasteiger partial charge in [-0.1, -0.05) is 0 Å². The zero-order chi connectivity index (χ0) is 11.9. The van der Waals surface area contributed by atoms with Gasteiger partial charge in [-0.3, -0.25) is 0 Å². The van der Waals surface area contributed by atoms with Gasteiger partial charge in [-0.15, -0.1) is 0 Å². The molecular weight excluding hydrogens is 226 g/mol. The van der Waals surface area contributed by atoms with Crippen LogP contribution < -0.4 is 5.90 Å². The van der Waals surface area contributed by atoms with Crippen molar-refractivity contribution in [3.05, 3.63) is 34.9 Å². The van der Waals surface area contributed by atoms with Crippen molar-refractivity contribution in [3.8, 4) is 0 Å². The minimum Gasteiger partial charge on any atom is -0.304 e. The van der Waals surface area contributed by atoms with Gasteiger partial charge in [0.1, 0.15) is 0 Å². The summed E-state index contributed by atoms with van der Waals surface area (Å²) < 4.78 is 52.8. The summed E-state index contributed by atoms with van der Waals surface area (Å²) in [6, 6.07) is 0.188. The van der Waals surface area contributed by atoms with E-state index in [2.05, 4.69) is 4.84 Å². The predicted octanol–water partition coefficient (Wildman–Crippen LogP) is 2.16. The van der Waals surface area contributed by atoms with Crippen molar-refractivity contribution in [2.75, 3.05) is 6.61 Å². The lowest BCUT2D eigenvalue weighted by Gasteiger charge is -2.16. The fraction of sp³-hybridized carbons (Fsp3) is 0.400. The van der Waals surface area contributed by atoms with E-state index >= 15 is 0 Å². The molecular formula is C10H9F4NO. The number of halogens is 4. The van der Waals surface area contributed by atoms with Crippen LogP contribution in [0, 0.1) is 23.3 Å². The number of rotatable bonds is 3. The first-order chi connectivity index (χ1) is 7.52. The van der Waals surface area contributed by atoms with E-state index in [1.807, 2.05) is 0 Å². The van der Waals surface area contributed by atoms with Crippen molar-refractivity contribution in [3.63, 3.8) is 0 Å². The molecule has 0 aromatic heterocycles. The van der Waals surface area contributed by atoms with E-state index in [1.165, 1.54) is 0 Å². The van der Waals surface area contributed by atoms with E-state index in [9.17, 15) is 17.6 Å². The zero-order valence-corrected chi connectivity index (χ0v) is 8.20. The summed E-state index contributed by atoms with van der Waals surface area (Å²) >= 11 is 0. The van der Waals surface area contributed by atoms with E-state index in [0.29, 0.717) is 12.8 Å². The molecule has 0 bridgehead atoms. The number of hydrogen-bond donors (Lipinski definition) is 1. The van der Waals surface area contributed by atoms with Crippen LogP contribution in [-0.4, -0.2) is 6.61 Å². The van der Waals surface area contributed by atoms with E-state index in [1.54, 1.807) is 0 Å². The highest BCUT2D eigenvalue weighted by Crippen LogP contribution is 2.50. The second-order valence-electron chi connectivity index (χ2n) is 3.93. The summed E-state index contributed by atoms with van der Waals surface area (Å²) in [4.78, 5) is 4.34. The Bertz CT molecular complexity index is 405. The SMILES string of the molecule is NOCC1(c2c(F)c(F)cc(F)c2F)CC1. The maximum Gasteiger partial charge on any atom is 0.165 e. The van der Waals surface area contributed by atoms with Gasteiger partial charge in [0, 0.05) is 17.0 Å². The molecule has 1 fully saturated rings. The Morgan fingerprint density at radius 1 is 1.12 bits per heavy atom. The van der Waals surface area contributed by atoms with Gasteiger partial charge >= 0.3 is 0 Å². The summed E-state index contributed by atoms with van der Waals surface area (Å²) in [5, 5.41) is 0. The van der Waals surface area contributed by atoms with Crippen LogP contribution in [0.2, 0.25) is 0 Å². The second-order valence-corrected chi connectivity index (χ2v) is 3.93. The van der Waals surface area contributed by atoms with E-state index in [0.717, 1.165) is 0 Å². The van der Waals surface area contributed by atoms with Crippen LogP contribution in [0.3, 0.4) is 0 Å². The number of hydrogen-bond acceptors (Lipinski definition) is 2. The van der Waals surface area contributed by atoms with Crippen LogP contribution in [-0.2, 0) is 10.3 Å². The van der Waals surface area contributed by atoms with E-state index < -0.39 is 34.2 Å². The molecule has 0 radical (unpaired) electrons. The minimum absolute atomic E-state index is 0.163. The first-order valence-corrected chi connectivity index (χ1v) is 4.67. The Balaban J connectivity index is 2.55. The molecule has 2 rings (SSSR count). The largest absolute Gasteiger partial charge is 0.304 e. The Hall–Kier alpha value is -1.14. The predicted molar refractivity (Wildman–Crippen MR) is 47.3 cm³/mol. The van der Waals surface area contributed by atoms with Gasteiger partial charge in [0.05, 0.1) is 6.61 Å². The van der Waals surface area contributed by atoms with Crippen molar-refractivity contribution in [2.24, 2.45) is 5.90 Å². The average Bonchev–Trinajstić information content (AvgIpc) is 2.97. The highest BCUT2D eigenvalue weighted by Gasteiger charge is 2.49. The fourth-order valence-electron chi connectivity index (χ4n) is 1.82. The molecule has 16 heavy (non-hydrogen) atoms. The van der Waals surface area contributed by atoms with Gasteiger partial charge in [-0.25, -0.2) is 23.5 Å². The van der Waals surface area contributed by atoms with Crippen LogP contribution in [0.25, 0.3) is 0 Å².